The van der Waals surface area contributed by atoms with Gasteiger partial charge in [0.25, 0.3) is 5.89 Å². The highest BCUT2D eigenvalue weighted by Gasteiger charge is 2.21. The van der Waals surface area contributed by atoms with Crippen molar-refractivity contribution in [3.63, 3.8) is 0 Å². The normalized spacial score (nSPS) is 13.5. The van der Waals surface area contributed by atoms with Gasteiger partial charge >= 0.3 is 0 Å². The van der Waals surface area contributed by atoms with E-state index in [2.05, 4.69) is 88.2 Å². The lowest BCUT2D eigenvalue weighted by Gasteiger charge is -2.20. The number of hydrogen-bond acceptors (Lipinski definition) is 5. The largest absolute Gasteiger partial charge is 0.418 e. The summed E-state index contributed by atoms with van der Waals surface area (Å²) >= 11 is 1.60. The Kier molecular flexibility index (Phi) is 5.17. The first-order chi connectivity index (χ1) is 14.8. The number of aromatic amines is 1. The molecule has 0 amide bonds. The first-order valence-electron chi connectivity index (χ1n) is 10.0. The third-order valence-electron chi connectivity index (χ3n) is 5.37. The average molecular weight is 415 g/mol. The first-order valence-corrected chi connectivity index (χ1v) is 10.9. The van der Waals surface area contributed by atoms with E-state index in [4.69, 9.17) is 4.42 Å². The Bertz CT molecular complexity index is 1230. The van der Waals surface area contributed by atoms with Crippen molar-refractivity contribution in [1.29, 1.82) is 0 Å². The average Bonchev–Trinajstić information content (AvgIpc) is 3.55. The van der Waals surface area contributed by atoms with Gasteiger partial charge in [-0.3, -0.25) is 0 Å². The molecule has 5 aromatic rings. The van der Waals surface area contributed by atoms with Gasteiger partial charge in [0.15, 0.2) is 0 Å². The van der Waals surface area contributed by atoms with E-state index in [1.54, 1.807) is 11.3 Å². The van der Waals surface area contributed by atoms with Gasteiger partial charge in [0.2, 0.25) is 5.89 Å². The predicted molar refractivity (Wildman–Crippen MR) is 121 cm³/mol. The van der Waals surface area contributed by atoms with Crippen LogP contribution in [-0.4, -0.2) is 21.7 Å². The summed E-state index contributed by atoms with van der Waals surface area (Å²) in [5.41, 5.74) is 3.70. The summed E-state index contributed by atoms with van der Waals surface area (Å²) in [6.07, 6.45) is 2.12. The van der Waals surface area contributed by atoms with Gasteiger partial charge in [-0.2, -0.15) is 0 Å². The Morgan fingerprint density at radius 3 is 2.67 bits per heavy atom. The van der Waals surface area contributed by atoms with Crippen LogP contribution in [0.5, 0.6) is 0 Å². The summed E-state index contributed by atoms with van der Waals surface area (Å²) < 4.78 is 5.91. The molecule has 0 fully saturated rings. The molecule has 0 radical (unpaired) electrons. The van der Waals surface area contributed by atoms with Crippen LogP contribution in [0, 0.1) is 0 Å². The lowest BCUT2D eigenvalue weighted by atomic mass is 9.90. The highest BCUT2D eigenvalue weighted by atomic mass is 32.1. The van der Waals surface area contributed by atoms with Gasteiger partial charge in [0, 0.05) is 29.6 Å². The van der Waals surface area contributed by atoms with E-state index in [9.17, 15) is 0 Å². The molecule has 0 unspecified atom stereocenters. The van der Waals surface area contributed by atoms with Crippen molar-refractivity contribution in [2.45, 2.75) is 18.9 Å². The Balaban J connectivity index is 1.39. The van der Waals surface area contributed by atoms with E-state index in [0.29, 0.717) is 11.8 Å². The number of hydrogen-bond donors (Lipinski definition) is 2. The van der Waals surface area contributed by atoms with Crippen molar-refractivity contribution >= 4 is 22.2 Å². The second-order valence-electron chi connectivity index (χ2n) is 7.31. The Labute approximate surface area is 178 Å². The summed E-state index contributed by atoms with van der Waals surface area (Å²) in [5, 5.41) is 15.3. The maximum absolute atomic E-state index is 5.91. The van der Waals surface area contributed by atoms with Crippen LogP contribution in [-0.2, 0) is 0 Å². The van der Waals surface area contributed by atoms with E-state index < -0.39 is 0 Å². The predicted octanol–water partition coefficient (Wildman–Crippen LogP) is 5.76. The minimum absolute atomic E-state index is 0.0531. The monoisotopic (exact) mass is 414 g/mol. The van der Waals surface area contributed by atoms with Crippen LogP contribution in [0.1, 0.15) is 35.9 Å². The fourth-order valence-corrected chi connectivity index (χ4v) is 4.41. The summed E-state index contributed by atoms with van der Waals surface area (Å²) in [6, 6.07) is 22.9. The van der Waals surface area contributed by atoms with Gasteiger partial charge in [0.1, 0.15) is 0 Å². The van der Waals surface area contributed by atoms with Crippen molar-refractivity contribution in [1.82, 2.24) is 20.5 Å². The van der Waals surface area contributed by atoms with Gasteiger partial charge in [-0.05, 0) is 35.6 Å². The molecule has 2 N–H and O–H groups in total. The molecular weight excluding hydrogens is 392 g/mol. The molecule has 5 rings (SSSR count). The summed E-state index contributed by atoms with van der Waals surface area (Å²) in [6.45, 7) is 2.81. The van der Waals surface area contributed by atoms with E-state index in [1.807, 2.05) is 17.5 Å². The molecule has 6 heteroatoms. The van der Waals surface area contributed by atoms with Crippen molar-refractivity contribution in [3.05, 3.63) is 95.3 Å². The minimum Gasteiger partial charge on any atom is -0.418 e. The fraction of sp³-hybridized carbons (Fsp3) is 0.167. The fourth-order valence-electron chi connectivity index (χ4n) is 3.77. The number of nitrogens with zero attached hydrogens (tertiary/aromatic N) is 2. The number of aromatic nitrogens is 3. The second-order valence-corrected chi connectivity index (χ2v) is 8.25. The standard InChI is InChI=1S/C24H22N4OS/c1-16(23-27-28-24(29-23)22-12-7-13-30-22)25-14-19(17-8-3-2-4-9-17)20-15-26-21-11-6-5-10-18(20)21/h2-13,15-16,19,25-26H,14H2,1H3/t16-,19+/m0/s1. The Morgan fingerprint density at radius 2 is 1.83 bits per heavy atom. The third-order valence-corrected chi connectivity index (χ3v) is 6.23. The Hall–Kier alpha value is -3.22. The van der Waals surface area contributed by atoms with Crippen LogP contribution in [0.3, 0.4) is 0 Å². The number of fused-ring (bicyclic) bond motifs is 1. The molecule has 2 aromatic carbocycles. The van der Waals surface area contributed by atoms with Gasteiger partial charge in [0.05, 0.1) is 10.9 Å². The van der Waals surface area contributed by atoms with Crippen molar-refractivity contribution in [3.8, 4) is 10.8 Å². The molecule has 0 aliphatic rings. The third kappa shape index (κ3) is 3.67. The van der Waals surface area contributed by atoms with Crippen molar-refractivity contribution < 1.29 is 4.42 Å². The maximum Gasteiger partial charge on any atom is 0.257 e. The zero-order valence-electron chi connectivity index (χ0n) is 16.6. The lowest BCUT2D eigenvalue weighted by Crippen LogP contribution is -2.25. The van der Waals surface area contributed by atoms with E-state index >= 15 is 0 Å². The molecule has 0 aliphatic heterocycles. The zero-order valence-corrected chi connectivity index (χ0v) is 17.4. The molecule has 0 aliphatic carbocycles. The second kappa shape index (κ2) is 8.26. The summed E-state index contributed by atoms with van der Waals surface area (Å²) in [7, 11) is 0. The molecule has 0 saturated carbocycles. The summed E-state index contributed by atoms with van der Waals surface area (Å²) in [4.78, 5) is 4.40. The number of thiophene rings is 1. The molecule has 150 valence electrons. The highest BCUT2D eigenvalue weighted by Crippen LogP contribution is 2.31. The Morgan fingerprint density at radius 1 is 1.00 bits per heavy atom. The van der Waals surface area contributed by atoms with Crippen LogP contribution in [0.2, 0.25) is 0 Å². The molecule has 5 nitrogen and oxygen atoms in total. The number of nitrogens with one attached hydrogen (secondary N) is 2. The smallest absolute Gasteiger partial charge is 0.257 e. The molecule has 0 bridgehead atoms. The van der Waals surface area contributed by atoms with Crippen molar-refractivity contribution in [2.75, 3.05) is 6.54 Å². The van der Waals surface area contributed by atoms with Crippen LogP contribution in [0.25, 0.3) is 21.7 Å². The molecule has 30 heavy (non-hydrogen) atoms. The highest BCUT2D eigenvalue weighted by molar-refractivity contribution is 7.13. The lowest BCUT2D eigenvalue weighted by molar-refractivity contribution is 0.419. The van der Waals surface area contributed by atoms with Crippen LogP contribution < -0.4 is 5.32 Å². The molecule has 0 saturated heterocycles. The number of H-pyrrole nitrogens is 1. The van der Waals surface area contributed by atoms with E-state index in [0.717, 1.165) is 16.9 Å². The van der Waals surface area contributed by atoms with Crippen LogP contribution >= 0.6 is 11.3 Å². The SMILES string of the molecule is C[C@H](NC[C@H](c1ccccc1)c1c[nH]c2ccccc12)c1nnc(-c2cccs2)o1. The number of rotatable bonds is 7. The quantitative estimate of drug-likeness (QED) is 0.355. The van der Waals surface area contributed by atoms with E-state index in [-0.39, 0.29) is 12.0 Å². The first kappa shape index (κ1) is 18.8. The molecule has 2 atom stereocenters. The van der Waals surface area contributed by atoms with E-state index in [1.165, 1.54) is 16.5 Å². The van der Waals surface area contributed by atoms with Crippen molar-refractivity contribution in [2.24, 2.45) is 0 Å². The number of benzene rings is 2. The summed E-state index contributed by atoms with van der Waals surface area (Å²) in [5.74, 6) is 1.37. The maximum atomic E-state index is 5.91. The van der Waals surface area contributed by atoms with Gasteiger partial charge in [-0.1, -0.05) is 54.6 Å². The number of para-hydroxylation sites is 1. The topological polar surface area (TPSA) is 66.7 Å². The van der Waals surface area contributed by atoms with Gasteiger partial charge < -0.3 is 14.7 Å². The van der Waals surface area contributed by atoms with Crippen LogP contribution in [0.15, 0.2) is 82.7 Å². The molecule has 3 aromatic heterocycles. The molecule has 3 heterocycles. The van der Waals surface area contributed by atoms with Crippen LogP contribution in [0.4, 0.5) is 0 Å². The minimum atomic E-state index is -0.0531. The van der Waals surface area contributed by atoms with Gasteiger partial charge in [-0.15, -0.1) is 21.5 Å². The molecule has 0 spiro atoms. The molecular formula is C24H22N4OS. The van der Waals surface area contributed by atoms with Gasteiger partial charge in [-0.25, -0.2) is 0 Å². The zero-order chi connectivity index (χ0) is 20.3.